The minimum absolute atomic E-state index is 1.06. The van der Waals surface area contributed by atoms with Crippen molar-refractivity contribution in [3.05, 3.63) is 114 Å². The second kappa shape index (κ2) is 6.61. The van der Waals surface area contributed by atoms with Gasteiger partial charge in [-0.1, -0.05) is 72.8 Å². The van der Waals surface area contributed by atoms with E-state index in [2.05, 4.69) is 113 Å². The third kappa shape index (κ3) is 2.35. The SMILES string of the molecule is c1ccc(-c2cccc(-n3c4ccccc4c4cc5[nH]c6cccc7c6c5c(c43)CC7)c2)cc1. The zero-order valence-corrected chi connectivity index (χ0v) is 18.7. The van der Waals surface area contributed by atoms with E-state index in [-0.39, 0.29) is 0 Å². The molecule has 7 aromatic rings. The molecule has 0 atom stereocenters. The molecule has 8 rings (SSSR count). The fourth-order valence-electron chi connectivity index (χ4n) is 6.17. The molecule has 5 aromatic carbocycles. The Bertz CT molecular complexity index is 1900. The fourth-order valence-corrected chi connectivity index (χ4v) is 6.17. The Balaban J connectivity index is 1.53. The largest absolute Gasteiger partial charge is 0.354 e. The highest BCUT2D eigenvalue weighted by atomic mass is 15.0. The van der Waals surface area contributed by atoms with E-state index in [4.69, 9.17) is 0 Å². The molecular weight excluding hydrogens is 412 g/mol. The zero-order valence-electron chi connectivity index (χ0n) is 18.7. The lowest BCUT2D eigenvalue weighted by atomic mass is 9.89. The van der Waals surface area contributed by atoms with Crippen LogP contribution in [0.1, 0.15) is 11.1 Å². The van der Waals surface area contributed by atoms with Gasteiger partial charge in [-0.15, -0.1) is 0 Å². The summed E-state index contributed by atoms with van der Waals surface area (Å²) in [6.07, 6.45) is 2.15. The van der Waals surface area contributed by atoms with E-state index in [1.54, 1.807) is 0 Å². The molecule has 160 valence electrons. The van der Waals surface area contributed by atoms with Crippen LogP contribution in [0.3, 0.4) is 0 Å². The molecule has 0 bridgehead atoms. The molecule has 0 aliphatic heterocycles. The van der Waals surface area contributed by atoms with Crippen LogP contribution in [0, 0.1) is 0 Å². The molecule has 34 heavy (non-hydrogen) atoms. The minimum atomic E-state index is 1.06. The number of rotatable bonds is 2. The second-order valence-corrected chi connectivity index (χ2v) is 9.41. The lowest BCUT2D eigenvalue weighted by Crippen LogP contribution is -2.03. The average molecular weight is 435 g/mol. The van der Waals surface area contributed by atoms with Crippen molar-refractivity contribution in [3.8, 4) is 16.8 Å². The van der Waals surface area contributed by atoms with Crippen molar-refractivity contribution in [1.82, 2.24) is 9.55 Å². The van der Waals surface area contributed by atoms with Gasteiger partial charge in [0.25, 0.3) is 0 Å². The highest BCUT2D eigenvalue weighted by Gasteiger charge is 2.24. The third-order valence-corrected chi connectivity index (χ3v) is 7.59. The lowest BCUT2D eigenvalue weighted by molar-refractivity contribution is 0.969. The molecule has 2 heteroatoms. The van der Waals surface area contributed by atoms with Gasteiger partial charge in [0.15, 0.2) is 0 Å². The Morgan fingerprint density at radius 3 is 2.35 bits per heavy atom. The summed E-state index contributed by atoms with van der Waals surface area (Å²) in [5.74, 6) is 0. The Labute approximate surface area is 197 Å². The molecule has 2 aromatic heterocycles. The van der Waals surface area contributed by atoms with E-state index in [0.717, 1.165) is 12.8 Å². The molecule has 1 aliphatic carbocycles. The van der Waals surface area contributed by atoms with Crippen LogP contribution in [0.25, 0.3) is 60.4 Å². The number of aryl methyl sites for hydroxylation is 2. The van der Waals surface area contributed by atoms with Crippen molar-refractivity contribution in [2.45, 2.75) is 12.8 Å². The smallest absolute Gasteiger partial charge is 0.0580 e. The quantitative estimate of drug-likeness (QED) is 0.283. The maximum Gasteiger partial charge on any atom is 0.0580 e. The first kappa shape index (κ1) is 18.2. The van der Waals surface area contributed by atoms with E-state index in [0.29, 0.717) is 0 Å². The van der Waals surface area contributed by atoms with Gasteiger partial charge in [-0.2, -0.15) is 0 Å². The van der Waals surface area contributed by atoms with Crippen molar-refractivity contribution < 1.29 is 0 Å². The summed E-state index contributed by atoms with van der Waals surface area (Å²) in [4.78, 5) is 3.73. The highest BCUT2D eigenvalue weighted by Crippen LogP contribution is 2.43. The van der Waals surface area contributed by atoms with E-state index >= 15 is 0 Å². The predicted octanol–water partition coefficient (Wildman–Crippen LogP) is 8.18. The van der Waals surface area contributed by atoms with Crippen LogP contribution >= 0.6 is 0 Å². The molecule has 0 saturated carbocycles. The molecule has 0 unspecified atom stereocenters. The van der Waals surface area contributed by atoms with Crippen molar-refractivity contribution >= 4 is 43.6 Å². The topological polar surface area (TPSA) is 20.7 Å². The maximum atomic E-state index is 3.73. The van der Waals surface area contributed by atoms with Crippen LogP contribution in [-0.2, 0) is 12.8 Å². The number of para-hydroxylation sites is 1. The monoisotopic (exact) mass is 434 g/mol. The number of hydrogen-bond acceptors (Lipinski definition) is 0. The number of hydrogen-bond donors (Lipinski definition) is 1. The fraction of sp³-hybridized carbons (Fsp3) is 0.0625. The number of H-pyrrole nitrogens is 1. The molecule has 1 aliphatic rings. The van der Waals surface area contributed by atoms with Crippen molar-refractivity contribution in [2.24, 2.45) is 0 Å². The molecule has 0 fully saturated rings. The molecule has 0 amide bonds. The van der Waals surface area contributed by atoms with Gasteiger partial charge in [-0.25, -0.2) is 0 Å². The van der Waals surface area contributed by atoms with E-state index in [1.165, 1.54) is 71.6 Å². The average Bonchev–Trinajstić information content (AvgIpc) is 3.44. The molecule has 0 saturated heterocycles. The van der Waals surface area contributed by atoms with Gasteiger partial charge in [0.1, 0.15) is 0 Å². The summed E-state index contributed by atoms with van der Waals surface area (Å²) in [5, 5.41) is 5.46. The molecule has 0 radical (unpaired) electrons. The predicted molar refractivity (Wildman–Crippen MR) is 143 cm³/mol. The summed E-state index contributed by atoms with van der Waals surface area (Å²) in [6, 6.07) is 37.6. The first-order chi connectivity index (χ1) is 16.9. The van der Waals surface area contributed by atoms with E-state index in [9.17, 15) is 0 Å². The summed E-state index contributed by atoms with van der Waals surface area (Å²) in [5.41, 5.74) is 11.8. The summed E-state index contributed by atoms with van der Waals surface area (Å²) in [6.45, 7) is 0. The number of fused-ring (bicyclic) bond motifs is 4. The normalized spacial score (nSPS) is 13.1. The lowest BCUT2D eigenvalue weighted by Gasteiger charge is -2.17. The van der Waals surface area contributed by atoms with Crippen LogP contribution < -0.4 is 0 Å². The second-order valence-electron chi connectivity index (χ2n) is 9.41. The van der Waals surface area contributed by atoms with Crippen LogP contribution in [0.4, 0.5) is 0 Å². The van der Waals surface area contributed by atoms with Gasteiger partial charge >= 0.3 is 0 Å². The molecule has 0 spiro atoms. The number of aromatic nitrogens is 2. The molecule has 1 N–H and O–H groups in total. The Kier molecular flexibility index (Phi) is 3.53. The number of nitrogens with one attached hydrogen (secondary N) is 1. The molecular formula is C32H22N2. The standard InChI is InChI=1S/C32H22N2/c1-2-8-20(9-3-1)22-11-6-12-23(18-22)34-29-15-5-4-13-24(29)26-19-28-31-25(32(26)34)17-16-21-10-7-14-27(33-28)30(21)31/h1-15,18-19,33H,16-17H2. The minimum Gasteiger partial charge on any atom is -0.354 e. The molecule has 2 nitrogen and oxygen atoms in total. The van der Waals surface area contributed by atoms with Crippen molar-refractivity contribution in [1.29, 1.82) is 0 Å². The van der Waals surface area contributed by atoms with Gasteiger partial charge in [-0.05, 0) is 65.4 Å². The Morgan fingerprint density at radius 1 is 0.588 bits per heavy atom. The van der Waals surface area contributed by atoms with E-state index < -0.39 is 0 Å². The van der Waals surface area contributed by atoms with Gasteiger partial charge < -0.3 is 9.55 Å². The van der Waals surface area contributed by atoms with Crippen LogP contribution in [-0.4, -0.2) is 9.55 Å². The number of nitrogens with zero attached hydrogens (tertiary/aromatic N) is 1. The highest BCUT2D eigenvalue weighted by molar-refractivity contribution is 6.21. The Morgan fingerprint density at radius 2 is 1.41 bits per heavy atom. The number of benzene rings is 5. The van der Waals surface area contributed by atoms with Crippen molar-refractivity contribution in [3.63, 3.8) is 0 Å². The summed E-state index contributed by atoms with van der Waals surface area (Å²) >= 11 is 0. The Hall–Kier alpha value is -4.30. The molecule has 2 heterocycles. The van der Waals surface area contributed by atoms with E-state index in [1.807, 2.05) is 0 Å². The van der Waals surface area contributed by atoms with Crippen LogP contribution in [0.2, 0.25) is 0 Å². The van der Waals surface area contributed by atoms with Crippen LogP contribution in [0.15, 0.2) is 103 Å². The maximum absolute atomic E-state index is 3.73. The van der Waals surface area contributed by atoms with Crippen molar-refractivity contribution in [2.75, 3.05) is 0 Å². The summed E-state index contributed by atoms with van der Waals surface area (Å²) in [7, 11) is 0. The number of aromatic amines is 1. The van der Waals surface area contributed by atoms with Gasteiger partial charge in [0, 0.05) is 38.3 Å². The third-order valence-electron chi connectivity index (χ3n) is 7.59. The van der Waals surface area contributed by atoms with Gasteiger partial charge in [0.2, 0.25) is 0 Å². The van der Waals surface area contributed by atoms with Gasteiger partial charge in [-0.3, -0.25) is 0 Å². The zero-order chi connectivity index (χ0) is 22.2. The summed E-state index contributed by atoms with van der Waals surface area (Å²) < 4.78 is 2.50. The van der Waals surface area contributed by atoms with Crippen LogP contribution in [0.5, 0.6) is 0 Å². The first-order valence-corrected chi connectivity index (χ1v) is 12.0. The first-order valence-electron chi connectivity index (χ1n) is 12.0. The van der Waals surface area contributed by atoms with Gasteiger partial charge in [0.05, 0.1) is 11.0 Å².